The fourth-order valence-corrected chi connectivity index (χ4v) is 4.25. The summed E-state index contributed by atoms with van der Waals surface area (Å²) in [4.78, 5) is 10.8. The van der Waals surface area contributed by atoms with E-state index in [0.29, 0.717) is 11.7 Å². The van der Waals surface area contributed by atoms with E-state index in [-0.39, 0.29) is 12.0 Å². The molecule has 5 aromatic rings. The Kier molecular flexibility index (Phi) is 4.97. The van der Waals surface area contributed by atoms with Crippen LogP contribution in [0.1, 0.15) is 17.3 Å². The number of nitrogens with zero attached hydrogens (tertiary/aromatic N) is 2. The van der Waals surface area contributed by atoms with Crippen molar-refractivity contribution in [3.8, 4) is 22.5 Å². The number of halogens is 1. The molecule has 1 atom stereocenters. The van der Waals surface area contributed by atoms with E-state index in [9.17, 15) is 4.39 Å². The summed E-state index contributed by atoms with van der Waals surface area (Å²) in [5.41, 5.74) is 5.75. The molecule has 0 aliphatic carbocycles. The smallest absolute Gasteiger partial charge is 0.243 e. The molecule has 5 heteroatoms. The third-order valence-electron chi connectivity index (χ3n) is 6.00. The van der Waals surface area contributed by atoms with Crippen LogP contribution < -0.4 is 0 Å². The number of aliphatic imine (C=N–C) groups is 1. The van der Waals surface area contributed by atoms with Crippen LogP contribution in [0.4, 0.5) is 4.39 Å². The van der Waals surface area contributed by atoms with Gasteiger partial charge < -0.3 is 9.25 Å². The van der Waals surface area contributed by atoms with Gasteiger partial charge >= 0.3 is 0 Å². The van der Waals surface area contributed by atoms with Crippen molar-refractivity contribution in [1.29, 1.82) is 0 Å². The van der Waals surface area contributed by atoms with E-state index >= 15 is 0 Å². The second-order valence-electron chi connectivity index (χ2n) is 8.31. The summed E-state index contributed by atoms with van der Waals surface area (Å²) >= 11 is 0. The van der Waals surface area contributed by atoms with Gasteiger partial charge in [0.05, 0.1) is 0 Å². The minimum absolute atomic E-state index is 0.174. The molecule has 1 aliphatic rings. The van der Waals surface area contributed by atoms with Gasteiger partial charge in [0.25, 0.3) is 0 Å². The zero-order valence-electron chi connectivity index (χ0n) is 18.5. The van der Waals surface area contributed by atoms with E-state index < -0.39 is 0 Å². The van der Waals surface area contributed by atoms with Crippen LogP contribution in [0.25, 0.3) is 33.4 Å². The fourth-order valence-electron chi connectivity index (χ4n) is 4.25. The topological polar surface area (TPSA) is 38.0 Å². The van der Waals surface area contributed by atoms with Gasteiger partial charge in [-0.25, -0.2) is 9.38 Å². The van der Waals surface area contributed by atoms with Crippen molar-refractivity contribution in [1.82, 2.24) is 5.06 Å². The van der Waals surface area contributed by atoms with Crippen molar-refractivity contribution in [2.45, 2.75) is 6.17 Å². The first-order valence-corrected chi connectivity index (χ1v) is 11.1. The van der Waals surface area contributed by atoms with Crippen LogP contribution in [0.2, 0.25) is 0 Å². The first-order chi connectivity index (χ1) is 16.6. The monoisotopic (exact) mass is 448 g/mol. The summed E-state index contributed by atoms with van der Waals surface area (Å²) < 4.78 is 19.3. The molecule has 34 heavy (non-hydrogen) atoms. The molecule has 6 rings (SSSR count). The molecule has 0 N–H and O–H groups in total. The van der Waals surface area contributed by atoms with E-state index in [2.05, 4.69) is 18.2 Å². The number of benzene rings is 4. The summed E-state index contributed by atoms with van der Waals surface area (Å²) in [5, 5.41) is 2.76. The Hall–Kier alpha value is -4.22. The molecule has 1 aliphatic heterocycles. The lowest BCUT2D eigenvalue weighted by Gasteiger charge is -2.15. The summed E-state index contributed by atoms with van der Waals surface area (Å²) in [6.45, 7) is 0. The molecule has 0 saturated carbocycles. The van der Waals surface area contributed by atoms with Crippen LogP contribution in [-0.4, -0.2) is 18.0 Å². The first-order valence-electron chi connectivity index (χ1n) is 11.1. The minimum atomic E-state index is -0.265. The van der Waals surface area contributed by atoms with E-state index in [1.54, 1.807) is 17.2 Å². The van der Waals surface area contributed by atoms with Crippen LogP contribution in [0.15, 0.2) is 113 Å². The number of rotatable bonds is 4. The lowest BCUT2D eigenvalue weighted by Crippen LogP contribution is -2.18. The highest BCUT2D eigenvalue weighted by molar-refractivity contribution is 5.96. The molecule has 0 amide bonds. The Morgan fingerprint density at radius 2 is 1.47 bits per heavy atom. The largest absolute Gasteiger partial charge is 0.456 e. The average molecular weight is 448 g/mol. The molecule has 1 unspecified atom stereocenters. The molecule has 2 heterocycles. The Bertz CT molecular complexity index is 1510. The average Bonchev–Trinajstić information content (AvgIpc) is 3.48. The SMILES string of the molecule is CN1OC(c2cccc(-c3ccc4oc(-c5ccc(F)cc5)cc4c3)c2)=NC1c1ccccc1. The first kappa shape index (κ1) is 20.4. The summed E-state index contributed by atoms with van der Waals surface area (Å²) in [5.74, 6) is 1.05. The molecule has 4 nitrogen and oxygen atoms in total. The van der Waals surface area contributed by atoms with E-state index in [1.807, 2.05) is 67.7 Å². The fraction of sp³-hybridized carbons (Fsp3) is 0.0690. The standard InChI is InChI=1S/C29H21FN2O2/c1-32-28(20-6-3-2-4-7-20)31-29(34-32)23-9-5-8-21(16-23)22-12-15-26-24(17-22)18-27(33-26)19-10-13-25(30)14-11-19/h2-18,28H,1H3. The highest BCUT2D eigenvalue weighted by Crippen LogP contribution is 2.33. The second-order valence-corrected chi connectivity index (χ2v) is 8.31. The molecular formula is C29H21FN2O2. The Balaban J connectivity index is 1.32. The van der Waals surface area contributed by atoms with Gasteiger partial charge in [-0.2, -0.15) is 0 Å². The van der Waals surface area contributed by atoms with Gasteiger partial charge in [0.1, 0.15) is 17.2 Å². The normalized spacial score (nSPS) is 15.9. The van der Waals surface area contributed by atoms with Gasteiger partial charge in [0.15, 0.2) is 6.17 Å². The van der Waals surface area contributed by atoms with Crippen LogP contribution in [0, 0.1) is 5.82 Å². The lowest BCUT2D eigenvalue weighted by molar-refractivity contribution is -0.0571. The predicted octanol–water partition coefficient (Wildman–Crippen LogP) is 7.23. The zero-order chi connectivity index (χ0) is 23.1. The maximum absolute atomic E-state index is 13.3. The molecule has 0 radical (unpaired) electrons. The number of furan rings is 1. The molecule has 0 bridgehead atoms. The summed E-state index contributed by atoms with van der Waals surface area (Å²) in [6, 6.07) is 32.7. The summed E-state index contributed by atoms with van der Waals surface area (Å²) in [6.07, 6.45) is -0.174. The van der Waals surface area contributed by atoms with E-state index in [4.69, 9.17) is 14.2 Å². The van der Waals surface area contributed by atoms with E-state index in [0.717, 1.165) is 38.8 Å². The number of fused-ring (bicyclic) bond motifs is 1. The Labute approximate surface area is 196 Å². The van der Waals surface area contributed by atoms with Gasteiger partial charge in [-0.05, 0) is 71.3 Å². The number of hydroxylamine groups is 2. The van der Waals surface area contributed by atoms with Crippen molar-refractivity contribution in [2.75, 3.05) is 7.05 Å². The number of hydrogen-bond donors (Lipinski definition) is 0. The molecule has 166 valence electrons. The van der Waals surface area contributed by atoms with Crippen LogP contribution in [0.5, 0.6) is 0 Å². The predicted molar refractivity (Wildman–Crippen MR) is 132 cm³/mol. The van der Waals surface area contributed by atoms with Crippen LogP contribution >= 0.6 is 0 Å². The highest BCUT2D eigenvalue weighted by atomic mass is 19.1. The quantitative estimate of drug-likeness (QED) is 0.291. The van der Waals surface area contributed by atoms with Gasteiger partial charge in [-0.1, -0.05) is 48.5 Å². The maximum atomic E-state index is 13.3. The zero-order valence-corrected chi connectivity index (χ0v) is 18.5. The van der Waals surface area contributed by atoms with Crippen LogP contribution in [0.3, 0.4) is 0 Å². The highest BCUT2D eigenvalue weighted by Gasteiger charge is 2.27. The second kappa shape index (κ2) is 8.28. The molecular weight excluding hydrogens is 427 g/mol. The minimum Gasteiger partial charge on any atom is -0.456 e. The Morgan fingerprint density at radius 1 is 0.735 bits per heavy atom. The van der Waals surface area contributed by atoms with Gasteiger partial charge in [0.2, 0.25) is 5.90 Å². The van der Waals surface area contributed by atoms with Crippen LogP contribution in [-0.2, 0) is 4.84 Å². The number of hydrogen-bond acceptors (Lipinski definition) is 4. The van der Waals surface area contributed by atoms with Gasteiger partial charge in [0, 0.05) is 23.6 Å². The molecule has 0 saturated heterocycles. The summed E-state index contributed by atoms with van der Waals surface area (Å²) in [7, 11) is 1.89. The van der Waals surface area contributed by atoms with Crippen molar-refractivity contribution >= 4 is 16.9 Å². The van der Waals surface area contributed by atoms with Crippen molar-refractivity contribution in [3.05, 3.63) is 120 Å². The molecule has 1 aromatic heterocycles. The van der Waals surface area contributed by atoms with Crippen molar-refractivity contribution in [2.24, 2.45) is 4.99 Å². The van der Waals surface area contributed by atoms with Crippen molar-refractivity contribution < 1.29 is 13.6 Å². The lowest BCUT2D eigenvalue weighted by atomic mass is 10.0. The van der Waals surface area contributed by atoms with Gasteiger partial charge in [-0.3, -0.25) is 0 Å². The third-order valence-corrected chi connectivity index (χ3v) is 6.00. The van der Waals surface area contributed by atoms with Crippen molar-refractivity contribution in [3.63, 3.8) is 0 Å². The Morgan fingerprint density at radius 3 is 2.29 bits per heavy atom. The maximum Gasteiger partial charge on any atom is 0.243 e. The molecule has 4 aromatic carbocycles. The van der Waals surface area contributed by atoms with E-state index in [1.165, 1.54) is 12.1 Å². The molecule has 0 spiro atoms. The molecule has 0 fully saturated rings. The third kappa shape index (κ3) is 3.76. The van der Waals surface area contributed by atoms with Gasteiger partial charge in [-0.15, -0.1) is 5.06 Å².